The third kappa shape index (κ3) is 2.72. The smallest absolute Gasteiger partial charge is 0.203 e. The van der Waals surface area contributed by atoms with Gasteiger partial charge in [0.2, 0.25) is 5.13 Å². The second-order valence-electron chi connectivity index (χ2n) is 4.47. The zero-order chi connectivity index (χ0) is 11.7. The van der Waals surface area contributed by atoms with Crippen LogP contribution >= 0.6 is 34.9 Å². The van der Waals surface area contributed by atoms with Gasteiger partial charge in [-0.25, -0.2) is 0 Å². The number of thioether (sulfide) groups is 2. The van der Waals surface area contributed by atoms with E-state index in [1.54, 1.807) is 0 Å². The van der Waals surface area contributed by atoms with Crippen LogP contribution in [-0.4, -0.2) is 39.2 Å². The quantitative estimate of drug-likeness (QED) is 0.901. The molecule has 94 valence electrons. The van der Waals surface area contributed by atoms with Crippen LogP contribution in [0, 0.1) is 0 Å². The maximum Gasteiger partial charge on any atom is 0.203 e. The minimum absolute atomic E-state index is 0.150. The van der Waals surface area contributed by atoms with Gasteiger partial charge in [0, 0.05) is 17.6 Å². The molecule has 2 saturated heterocycles. The molecule has 2 fully saturated rings. The summed E-state index contributed by atoms with van der Waals surface area (Å²) in [6.45, 7) is 0.881. The highest BCUT2D eigenvalue weighted by molar-refractivity contribution is 8.01. The van der Waals surface area contributed by atoms with Crippen LogP contribution in [0.15, 0.2) is 4.34 Å². The maximum absolute atomic E-state index is 6.01. The minimum atomic E-state index is 0.150. The van der Waals surface area contributed by atoms with Crippen molar-refractivity contribution in [2.45, 2.75) is 34.5 Å². The Kier molecular flexibility index (Phi) is 3.52. The first kappa shape index (κ1) is 12.1. The summed E-state index contributed by atoms with van der Waals surface area (Å²) in [6.07, 6.45) is 3.45. The van der Waals surface area contributed by atoms with Gasteiger partial charge < -0.3 is 10.5 Å². The lowest BCUT2D eigenvalue weighted by molar-refractivity contribution is -0.0562. The van der Waals surface area contributed by atoms with Crippen molar-refractivity contribution in [3.05, 3.63) is 0 Å². The molecular weight excluding hydrogens is 274 g/mol. The Balaban J connectivity index is 1.64. The van der Waals surface area contributed by atoms with Crippen molar-refractivity contribution >= 4 is 40.0 Å². The van der Waals surface area contributed by atoms with E-state index in [0.29, 0.717) is 10.4 Å². The van der Waals surface area contributed by atoms with Crippen LogP contribution in [0.1, 0.15) is 19.3 Å². The Labute approximate surface area is 113 Å². The number of anilines is 1. The van der Waals surface area contributed by atoms with E-state index in [2.05, 4.69) is 10.2 Å². The fourth-order valence-corrected chi connectivity index (χ4v) is 5.91. The van der Waals surface area contributed by atoms with E-state index in [4.69, 9.17) is 10.5 Å². The summed E-state index contributed by atoms with van der Waals surface area (Å²) in [5.41, 5.74) is 5.75. The normalized spacial score (nSPS) is 33.3. The predicted octanol–water partition coefficient (Wildman–Crippen LogP) is 2.27. The average molecular weight is 289 g/mol. The van der Waals surface area contributed by atoms with Gasteiger partial charge in [-0.05, 0) is 25.0 Å². The van der Waals surface area contributed by atoms with Crippen molar-refractivity contribution in [1.82, 2.24) is 10.2 Å². The maximum atomic E-state index is 6.01. The SMILES string of the molecule is Nc1nnc(SC2CCOC3(CCSC3)C2)s1. The van der Waals surface area contributed by atoms with E-state index < -0.39 is 0 Å². The molecule has 0 radical (unpaired) electrons. The summed E-state index contributed by atoms with van der Waals surface area (Å²) in [7, 11) is 0. The van der Waals surface area contributed by atoms with Crippen LogP contribution in [0.2, 0.25) is 0 Å². The van der Waals surface area contributed by atoms with Gasteiger partial charge in [0.05, 0.1) is 5.60 Å². The molecule has 0 aliphatic carbocycles. The summed E-state index contributed by atoms with van der Waals surface area (Å²) >= 11 is 5.32. The first-order chi connectivity index (χ1) is 8.26. The fourth-order valence-electron chi connectivity index (χ4n) is 2.36. The molecule has 2 aliphatic heterocycles. The molecule has 1 aromatic rings. The number of rotatable bonds is 2. The van der Waals surface area contributed by atoms with Crippen molar-refractivity contribution in [2.24, 2.45) is 0 Å². The van der Waals surface area contributed by atoms with Crippen LogP contribution < -0.4 is 5.73 Å². The number of hydrogen-bond acceptors (Lipinski definition) is 7. The highest BCUT2D eigenvalue weighted by Crippen LogP contribution is 2.43. The number of aromatic nitrogens is 2. The highest BCUT2D eigenvalue weighted by atomic mass is 32.2. The molecule has 1 aromatic heterocycles. The number of nitrogen functional groups attached to an aromatic ring is 1. The molecule has 4 nitrogen and oxygen atoms in total. The second kappa shape index (κ2) is 4.95. The number of hydrogen-bond donors (Lipinski definition) is 1. The zero-order valence-electron chi connectivity index (χ0n) is 9.42. The van der Waals surface area contributed by atoms with Gasteiger partial charge in [-0.2, -0.15) is 11.8 Å². The van der Waals surface area contributed by atoms with Crippen LogP contribution in [0.5, 0.6) is 0 Å². The molecular formula is C10H15N3OS3. The molecule has 2 aliphatic rings. The first-order valence-corrected chi connectivity index (χ1v) is 8.58. The van der Waals surface area contributed by atoms with E-state index in [-0.39, 0.29) is 5.60 Å². The summed E-state index contributed by atoms with van der Waals surface area (Å²) in [6, 6.07) is 0. The summed E-state index contributed by atoms with van der Waals surface area (Å²) in [5, 5.41) is 9.11. The molecule has 17 heavy (non-hydrogen) atoms. The van der Waals surface area contributed by atoms with Gasteiger partial charge in [-0.15, -0.1) is 10.2 Å². The van der Waals surface area contributed by atoms with E-state index in [0.717, 1.165) is 29.5 Å². The Morgan fingerprint density at radius 2 is 2.41 bits per heavy atom. The molecule has 1 spiro atoms. The molecule has 2 unspecified atom stereocenters. The van der Waals surface area contributed by atoms with E-state index in [9.17, 15) is 0 Å². The third-order valence-corrected chi connectivity index (χ3v) is 6.53. The molecule has 0 amide bonds. The van der Waals surface area contributed by atoms with Crippen molar-refractivity contribution in [1.29, 1.82) is 0 Å². The standard InChI is InChI=1S/C10H15N3OS3/c11-8-12-13-9(17-8)16-7-1-3-14-10(5-7)2-4-15-6-10/h7H,1-6H2,(H2,11,12). The molecule has 7 heteroatoms. The molecule has 2 N–H and O–H groups in total. The predicted molar refractivity (Wildman–Crippen MR) is 73.8 cm³/mol. The molecule has 3 rings (SSSR count). The van der Waals surface area contributed by atoms with E-state index >= 15 is 0 Å². The van der Waals surface area contributed by atoms with Crippen LogP contribution in [0.25, 0.3) is 0 Å². The average Bonchev–Trinajstić information content (AvgIpc) is 2.89. The number of nitrogens with two attached hydrogens (primary N) is 1. The van der Waals surface area contributed by atoms with Crippen molar-refractivity contribution in [2.75, 3.05) is 23.8 Å². The molecule has 0 aromatic carbocycles. The lowest BCUT2D eigenvalue weighted by Gasteiger charge is -2.37. The Hall–Kier alpha value is 0.0200. The van der Waals surface area contributed by atoms with Gasteiger partial charge in [-0.3, -0.25) is 0 Å². The monoisotopic (exact) mass is 289 g/mol. The van der Waals surface area contributed by atoms with Crippen molar-refractivity contribution in [3.63, 3.8) is 0 Å². The van der Waals surface area contributed by atoms with Crippen molar-refractivity contribution < 1.29 is 4.74 Å². The third-order valence-electron chi connectivity index (χ3n) is 3.20. The molecule has 0 saturated carbocycles. The van der Waals surface area contributed by atoms with Crippen LogP contribution in [-0.2, 0) is 4.74 Å². The second-order valence-corrected chi connectivity index (χ2v) is 8.13. The summed E-state index contributed by atoms with van der Waals surface area (Å²) in [4.78, 5) is 0. The zero-order valence-corrected chi connectivity index (χ0v) is 11.9. The molecule has 2 atom stereocenters. The van der Waals surface area contributed by atoms with Crippen LogP contribution in [0.3, 0.4) is 0 Å². The van der Waals surface area contributed by atoms with Gasteiger partial charge in [0.25, 0.3) is 0 Å². The minimum Gasteiger partial charge on any atom is -0.374 e. The summed E-state index contributed by atoms with van der Waals surface area (Å²) < 4.78 is 7.00. The Morgan fingerprint density at radius 1 is 1.47 bits per heavy atom. The van der Waals surface area contributed by atoms with Gasteiger partial charge >= 0.3 is 0 Å². The van der Waals surface area contributed by atoms with Crippen LogP contribution in [0.4, 0.5) is 5.13 Å². The number of ether oxygens (including phenoxy) is 1. The van der Waals surface area contributed by atoms with Gasteiger partial charge in [-0.1, -0.05) is 23.1 Å². The highest BCUT2D eigenvalue weighted by Gasteiger charge is 2.40. The Bertz CT molecular complexity index is 392. The van der Waals surface area contributed by atoms with E-state index in [1.807, 2.05) is 23.5 Å². The van der Waals surface area contributed by atoms with Gasteiger partial charge in [0.1, 0.15) is 0 Å². The molecule has 0 bridgehead atoms. The molecule has 3 heterocycles. The van der Waals surface area contributed by atoms with Crippen molar-refractivity contribution in [3.8, 4) is 0 Å². The Morgan fingerprint density at radius 3 is 3.12 bits per heavy atom. The first-order valence-electron chi connectivity index (χ1n) is 5.73. The number of nitrogens with zero attached hydrogens (tertiary/aromatic N) is 2. The summed E-state index contributed by atoms with van der Waals surface area (Å²) in [5.74, 6) is 2.39. The lowest BCUT2D eigenvalue weighted by Crippen LogP contribution is -2.40. The van der Waals surface area contributed by atoms with Gasteiger partial charge in [0.15, 0.2) is 4.34 Å². The fraction of sp³-hybridized carbons (Fsp3) is 0.800. The van der Waals surface area contributed by atoms with E-state index in [1.165, 1.54) is 23.5 Å². The topological polar surface area (TPSA) is 61.0 Å². The lowest BCUT2D eigenvalue weighted by atomic mass is 9.93. The largest absolute Gasteiger partial charge is 0.374 e.